The number of aromatic nitrogens is 2. The molecule has 0 fully saturated rings. The maximum absolute atomic E-state index is 11.7. The van der Waals surface area contributed by atoms with E-state index >= 15 is 0 Å². The van der Waals surface area contributed by atoms with Crippen molar-refractivity contribution in [3.05, 3.63) is 46.1 Å². The summed E-state index contributed by atoms with van der Waals surface area (Å²) in [4.78, 5) is 34.1. The molecule has 0 aliphatic rings. The van der Waals surface area contributed by atoms with Crippen LogP contribution in [0.15, 0.2) is 33.7 Å². The first-order valence-corrected chi connectivity index (χ1v) is 5.62. The second-order valence-electron chi connectivity index (χ2n) is 4.06. The van der Waals surface area contributed by atoms with Gasteiger partial charge in [0.25, 0.3) is 5.56 Å². The standard InChI is InChI=1S/C12H11N3O5/c1-7-4-9(14-20-7)13-10(16)6-15-5-8(12(18)19)2-3-11(15)17/h2-5H,6H2,1H3,(H,18,19)(H,13,14,16). The lowest BCUT2D eigenvalue weighted by molar-refractivity contribution is -0.116. The summed E-state index contributed by atoms with van der Waals surface area (Å²) in [5.74, 6) is -0.922. The fourth-order valence-electron chi connectivity index (χ4n) is 1.54. The molecule has 0 aromatic carbocycles. The number of carboxylic acid groups (broad SMARTS) is 1. The Labute approximate surface area is 112 Å². The van der Waals surface area contributed by atoms with E-state index in [9.17, 15) is 14.4 Å². The summed E-state index contributed by atoms with van der Waals surface area (Å²) in [5.41, 5.74) is -0.545. The molecule has 0 radical (unpaired) electrons. The molecule has 0 saturated carbocycles. The minimum absolute atomic E-state index is 0.0744. The number of carboxylic acids is 1. The van der Waals surface area contributed by atoms with Gasteiger partial charge in [0.2, 0.25) is 5.91 Å². The maximum Gasteiger partial charge on any atom is 0.337 e. The van der Waals surface area contributed by atoms with Crippen LogP contribution in [0.5, 0.6) is 0 Å². The van der Waals surface area contributed by atoms with Crippen LogP contribution >= 0.6 is 0 Å². The predicted molar refractivity (Wildman–Crippen MR) is 67.5 cm³/mol. The van der Waals surface area contributed by atoms with Crippen LogP contribution in [0.3, 0.4) is 0 Å². The van der Waals surface area contributed by atoms with E-state index < -0.39 is 17.4 Å². The van der Waals surface area contributed by atoms with E-state index in [-0.39, 0.29) is 17.9 Å². The second kappa shape index (κ2) is 5.39. The Hall–Kier alpha value is -2.90. The van der Waals surface area contributed by atoms with Crippen molar-refractivity contribution in [1.82, 2.24) is 9.72 Å². The Morgan fingerprint density at radius 1 is 1.45 bits per heavy atom. The first-order valence-electron chi connectivity index (χ1n) is 5.62. The lowest BCUT2D eigenvalue weighted by Gasteiger charge is -2.05. The van der Waals surface area contributed by atoms with Crippen molar-refractivity contribution < 1.29 is 19.2 Å². The van der Waals surface area contributed by atoms with Crippen LogP contribution in [0.2, 0.25) is 0 Å². The number of hydrogen-bond acceptors (Lipinski definition) is 5. The Morgan fingerprint density at radius 2 is 2.20 bits per heavy atom. The molecule has 2 N–H and O–H groups in total. The van der Waals surface area contributed by atoms with E-state index in [1.54, 1.807) is 6.92 Å². The van der Waals surface area contributed by atoms with Gasteiger partial charge in [-0.2, -0.15) is 0 Å². The number of amides is 1. The fraction of sp³-hybridized carbons (Fsp3) is 0.167. The highest BCUT2D eigenvalue weighted by Gasteiger charge is 2.10. The zero-order valence-corrected chi connectivity index (χ0v) is 10.5. The summed E-state index contributed by atoms with van der Waals surface area (Å²) < 4.78 is 5.78. The third-order valence-corrected chi connectivity index (χ3v) is 2.44. The summed E-state index contributed by atoms with van der Waals surface area (Å²) in [6, 6.07) is 3.80. The first kappa shape index (κ1) is 13.5. The SMILES string of the molecule is Cc1cc(NC(=O)Cn2cc(C(=O)O)ccc2=O)no1. The number of rotatable bonds is 4. The minimum atomic E-state index is -1.17. The minimum Gasteiger partial charge on any atom is -0.478 e. The molecule has 8 heteroatoms. The van der Waals surface area contributed by atoms with Crippen LogP contribution in [-0.4, -0.2) is 26.7 Å². The van der Waals surface area contributed by atoms with E-state index in [0.717, 1.165) is 16.8 Å². The van der Waals surface area contributed by atoms with Gasteiger partial charge in [0, 0.05) is 18.3 Å². The van der Waals surface area contributed by atoms with Crippen LogP contribution < -0.4 is 10.9 Å². The molecule has 8 nitrogen and oxygen atoms in total. The molecule has 0 spiro atoms. The average molecular weight is 277 g/mol. The number of carbonyl (C=O) groups is 2. The number of nitrogens with one attached hydrogen (secondary N) is 1. The van der Waals surface area contributed by atoms with Gasteiger partial charge < -0.3 is 19.5 Å². The molecule has 104 valence electrons. The van der Waals surface area contributed by atoms with E-state index in [1.165, 1.54) is 12.1 Å². The highest BCUT2D eigenvalue weighted by atomic mass is 16.5. The van der Waals surface area contributed by atoms with Crippen LogP contribution in [0.4, 0.5) is 5.82 Å². The molecule has 0 unspecified atom stereocenters. The Bertz CT molecular complexity index is 716. The molecule has 2 rings (SSSR count). The normalized spacial score (nSPS) is 10.2. The number of hydrogen-bond donors (Lipinski definition) is 2. The van der Waals surface area contributed by atoms with Crippen LogP contribution in [-0.2, 0) is 11.3 Å². The monoisotopic (exact) mass is 277 g/mol. The zero-order valence-electron chi connectivity index (χ0n) is 10.5. The third kappa shape index (κ3) is 3.10. The molecule has 0 saturated heterocycles. The van der Waals surface area contributed by atoms with Crippen molar-refractivity contribution in [1.29, 1.82) is 0 Å². The van der Waals surface area contributed by atoms with Crippen LogP contribution in [0.25, 0.3) is 0 Å². The van der Waals surface area contributed by atoms with E-state index in [2.05, 4.69) is 10.5 Å². The van der Waals surface area contributed by atoms with Gasteiger partial charge in [0.05, 0.1) is 5.56 Å². The van der Waals surface area contributed by atoms with Gasteiger partial charge in [-0.05, 0) is 13.0 Å². The summed E-state index contributed by atoms with van der Waals surface area (Å²) in [7, 11) is 0. The summed E-state index contributed by atoms with van der Waals surface area (Å²) >= 11 is 0. The molecule has 0 aliphatic carbocycles. The maximum atomic E-state index is 11.7. The van der Waals surface area contributed by atoms with Crippen molar-refractivity contribution in [2.45, 2.75) is 13.5 Å². The van der Waals surface area contributed by atoms with Crippen molar-refractivity contribution in [2.75, 3.05) is 5.32 Å². The summed E-state index contributed by atoms with van der Waals surface area (Å²) in [5, 5.41) is 14.8. The predicted octanol–water partition coefficient (Wildman–Crippen LogP) is 0.482. The molecular weight excluding hydrogens is 266 g/mol. The summed E-state index contributed by atoms with van der Waals surface area (Å²) in [6.45, 7) is 1.36. The van der Waals surface area contributed by atoms with Crippen molar-refractivity contribution >= 4 is 17.7 Å². The van der Waals surface area contributed by atoms with E-state index in [0.29, 0.717) is 5.76 Å². The molecular formula is C12H11N3O5. The molecule has 0 atom stereocenters. The number of aromatic carboxylic acids is 1. The van der Waals surface area contributed by atoms with E-state index in [1.807, 2.05) is 0 Å². The molecule has 2 heterocycles. The van der Waals surface area contributed by atoms with Gasteiger partial charge in [-0.1, -0.05) is 5.16 Å². The molecule has 2 aromatic rings. The van der Waals surface area contributed by atoms with Crippen molar-refractivity contribution in [3.8, 4) is 0 Å². The Kier molecular flexibility index (Phi) is 3.65. The lowest BCUT2D eigenvalue weighted by Crippen LogP contribution is -2.27. The van der Waals surface area contributed by atoms with Gasteiger partial charge >= 0.3 is 5.97 Å². The van der Waals surface area contributed by atoms with Gasteiger partial charge in [-0.15, -0.1) is 0 Å². The average Bonchev–Trinajstić information content (AvgIpc) is 2.77. The summed E-state index contributed by atoms with van der Waals surface area (Å²) in [6.07, 6.45) is 1.11. The van der Waals surface area contributed by atoms with Crippen LogP contribution in [0, 0.1) is 6.92 Å². The number of pyridine rings is 1. The zero-order chi connectivity index (χ0) is 14.7. The molecule has 20 heavy (non-hydrogen) atoms. The lowest BCUT2D eigenvalue weighted by atomic mass is 10.3. The Morgan fingerprint density at radius 3 is 2.80 bits per heavy atom. The molecule has 0 aliphatic heterocycles. The van der Waals surface area contributed by atoms with Gasteiger partial charge in [0.1, 0.15) is 12.3 Å². The smallest absolute Gasteiger partial charge is 0.337 e. The second-order valence-corrected chi connectivity index (χ2v) is 4.06. The quantitative estimate of drug-likeness (QED) is 0.840. The number of nitrogens with zero attached hydrogens (tertiary/aromatic N) is 2. The number of carbonyl (C=O) groups excluding carboxylic acids is 1. The fourth-order valence-corrected chi connectivity index (χ4v) is 1.54. The first-order chi connectivity index (χ1) is 9.45. The van der Waals surface area contributed by atoms with Gasteiger partial charge in [-0.3, -0.25) is 9.59 Å². The van der Waals surface area contributed by atoms with Gasteiger partial charge in [-0.25, -0.2) is 4.79 Å². The topological polar surface area (TPSA) is 114 Å². The molecule has 0 bridgehead atoms. The number of anilines is 1. The van der Waals surface area contributed by atoms with Crippen molar-refractivity contribution in [2.24, 2.45) is 0 Å². The van der Waals surface area contributed by atoms with Crippen molar-refractivity contribution in [3.63, 3.8) is 0 Å². The van der Waals surface area contributed by atoms with E-state index in [4.69, 9.17) is 9.63 Å². The molecule has 2 aromatic heterocycles. The Balaban J connectivity index is 2.13. The van der Waals surface area contributed by atoms with Gasteiger partial charge in [0.15, 0.2) is 5.82 Å². The highest BCUT2D eigenvalue weighted by Crippen LogP contribution is 2.06. The third-order valence-electron chi connectivity index (χ3n) is 2.44. The van der Waals surface area contributed by atoms with Crippen LogP contribution in [0.1, 0.15) is 16.1 Å². The number of aryl methyl sites for hydroxylation is 1. The molecule has 1 amide bonds. The largest absolute Gasteiger partial charge is 0.478 e. The highest BCUT2D eigenvalue weighted by molar-refractivity contribution is 5.90.